The molecular formula is C8H12F3NO3. The highest BCUT2D eigenvalue weighted by molar-refractivity contribution is 5.81. The van der Waals surface area contributed by atoms with Crippen LogP contribution in [-0.4, -0.2) is 37.1 Å². The van der Waals surface area contributed by atoms with E-state index in [9.17, 15) is 18.0 Å². The third kappa shape index (κ3) is 3.67. The van der Waals surface area contributed by atoms with Crippen LogP contribution < -0.4 is 5.32 Å². The molecule has 88 valence electrons. The second-order valence-corrected chi connectivity index (χ2v) is 3.66. The predicted molar refractivity (Wildman–Crippen MR) is 44.0 cm³/mol. The number of carbonyl (C=O) groups excluding carboxylic acids is 1. The third-order valence-corrected chi connectivity index (χ3v) is 1.82. The van der Waals surface area contributed by atoms with E-state index < -0.39 is 24.0 Å². The normalized spacial score (nSPS) is 25.3. The van der Waals surface area contributed by atoms with Gasteiger partial charge in [-0.2, -0.15) is 13.2 Å². The maximum absolute atomic E-state index is 11.8. The molecule has 0 aromatic heterocycles. The molecule has 0 aliphatic carbocycles. The van der Waals surface area contributed by atoms with Crippen LogP contribution in [0.25, 0.3) is 0 Å². The Morgan fingerprint density at radius 3 is 2.53 bits per heavy atom. The Labute approximate surface area is 84.7 Å². The second-order valence-electron chi connectivity index (χ2n) is 3.66. The number of hydrogen-bond donors (Lipinski definition) is 1. The molecule has 1 fully saturated rings. The summed E-state index contributed by atoms with van der Waals surface area (Å²) < 4.78 is 45.7. The number of ether oxygens (including phenoxy) is 2. The van der Waals surface area contributed by atoms with Gasteiger partial charge in [0.25, 0.3) is 0 Å². The van der Waals surface area contributed by atoms with Gasteiger partial charge in [-0.05, 0) is 13.8 Å². The van der Waals surface area contributed by atoms with E-state index in [1.165, 1.54) is 0 Å². The molecule has 1 heterocycles. The predicted octanol–water partition coefficient (Wildman–Crippen LogP) is 0.816. The van der Waals surface area contributed by atoms with Gasteiger partial charge < -0.3 is 14.8 Å². The van der Waals surface area contributed by atoms with Crippen LogP contribution in [0.2, 0.25) is 0 Å². The molecule has 1 rings (SSSR count). The van der Waals surface area contributed by atoms with E-state index in [2.05, 4.69) is 0 Å². The zero-order chi connectivity index (χ0) is 11.7. The van der Waals surface area contributed by atoms with Gasteiger partial charge >= 0.3 is 12.1 Å². The van der Waals surface area contributed by atoms with Crippen molar-refractivity contribution in [1.82, 2.24) is 5.32 Å². The molecule has 15 heavy (non-hydrogen) atoms. The number of alkyl halides is 3. The van der Waals surface area contributed by atoms with Gasteiger partial charge in [0.1, 0.15) is 6.10 Å². The van der Waals surface area contributed by atoms with E-state index in [0.717, 1.165) is 0 Å². The minimum atomic E-state index is -4.85. The van der Waals surface area contributed by atoms with E-state index in [0.29, 0.717) is 0 Å². The Kier molecular flexibility index (Phi) is 3.25. The molecule has 0 spiro atoms. The second kappa shape index (κ2) is 3.97. The van der Waals surface area contributed by atoms with Gasteiger partial charge in [-0.25, -0.2) is 0 Å². The topological polar surface area (TPSA) is 47.6 Å². The fourth-order valence-corrected chi connectivity index (χ4v) is 1.17. The zero-order valence-corrected chi connectivity index (χ0v) is 8.35. The molecule has 1 atom stereocenters. The lowest BCUT2D eigenvalue weighted by atomic mass is 10.3. The van der Waals surface area contributed by atoms with Crippen LogP contribution in [0.3, 0.4) is 0 Å². The lowest BCUT2D eigenvalue weighted by Gasteiger charge is -2.17. The summed E-state index contributed by atoms with van der Waals surface area (Å²) in [4.78, 5) is 10.5. The Bertz CT molecular complexity index is 252. The molecule has 0 bridgehead atoms. The molecule has 7 heteroatoms. The van der Waals surface area contributed by atoms with Crippen LogP contribution in [0.4, 0.5) is 13.2 Å². The van der Waals surface area contributed by atoms with Gasteiger partial charge in [0.05, 0.1) is 6.61 Å². The van der Waals surface area contributed by atoms with E-state index in [1.54, 1.807) is 19.2 Å². The number of amides is 1. The summed E-state index contributed by atoms with van der Waals surface area (Å²) in [6.07, 6.45) is -5.39. The molecule has 1 aliphatic heterocycles. The summed E-state index contributed by atoms with van der Waals surface area (Å²) in [6, 6.07) is 0. The molecule has 1 amide bonds. The summed E-state index contributed by atoms with van der Waals surface area (Å²) in [6.45, 7) is 3.27. The van der Waals surface area contributed by atoms with Crippen LogP contribution in [0.1, 0.15) is 13.8 Å². The van der Waals surface area contributed by atoms with Crippen LogP contribution in [0, 0.1) is 0 Å². The van der Waals surface area contributed by atoms with Crippen molar-refractivity contribution < 1.29 is 27.4 Å². The van der Waals surface area contributed by atoms with Crippen molar-refractivity contribution in [3.05, 3.63) is 0 Å². The van der Waals surface area contributed by atoms with Gasteiger partial charge in [0, 0.05) is 6.54 Å². The Morgan fingerprint density at radius 1 is 1.53 bits per heavy atom. The number of hydrogen-bond acceptors (Lipinski definition) is 3. The third-order valence-electron chi connectivity index (χ3n) is 1.82. The number of halogens is 3. The van der Waals surface area contributed by atoms with Gasteiger partial charge in [0.2, 0.25) is 0 Å². The maximum atomic E-state index is 11.8. The first-order valence-electron chi connectivity index (χ1n) is 4.37. The van der Waals surface area contributed by atoms with E-state index >= 15 is 0 Å². The first-order chi connectivity index (χ1) is 6.71. The molecule has 1 saturated heterocycles. The van der Waals surface area contributed by atoms with Gasteiger partial charge in [-0.1, -0.05) is 0 Å². The quantitative estimate of drug-likeness (QED) is 0.759. The number of nitrogens with one attached hydrogen (secondary N) is 1. The van der Waals surface area contributed by atoms with Gasteiger partial charge in [0.15, 0.2) is 5.79 Å². The summed E-state index contributed by atoms with van der Waals surface area (Å²) >= 11 is 0. The molecule has 1 N–H and O–H groups in total. The fraction of sp³-hybridized carbons (Fsp3) is 0.875. The smallest absolute Gasteiger partial charge is 0.348 e. The summed E-state index contributed by atoms with van der Waals surface area (Å²) in [5.41, 5.74) is 0. The van der Waals surface area contributed by atoms with Crippen molar-refractivity contribution in [2.24, 2.45) is 0 Å². The monoisotopic (exact) mass is 227 g/mol. The molecule has 0 saturated carbocycles. The average Bonchev–Trinajstić information content (AvgIpc) is 2.39. The Hall–Kier alpha value is -0.820. The van der Waals surface area contributed by atoms with E-state index in [-0.39, 0.29) is 13.2 Å². The van der Waals surface area contributed by atoms with Crippen molar-refractivity contribution in [1.29, 1.82) is 0 Å². The van der Waals surface area contributed by atoms with Crippen molar-refractivity contribution in [2.75, 3.05) is 13.2 Å². The minimum Gasteiger partial charge on any atom is -0.348 e. The van der Waals surface area contributed by atoms with Crippen molar-refractivity contribution in [3.63, 3.8) is 0 Å². The van der Waals surface area contributed by atoms with Crippen LogP contribution >= 0.6 is 0 Å². The zero-order valence-electron chi connectivity index (χ0n) is 8.35. The van der Waals surface area contributed by atoms with Crippen LogP contribution in [-0.2, 0) is 14.3 Å². The highest BCUT2D eigenvalue weighted by Gasteiger charge is 2.40. The highest BCUT2D eigenvalue weighted by Crippen LogP contribution is 2.22. The highest BCUT2D eigenvalue weighted by atomic mass is 19.4. The van der Waals surface area contributed by atoms with E-state index in [4.69, 9.17) is 9.47 Å². The lowest BCUT2D eigenvalue weighted by molar-refractivity contribution is -0.174. The van der Waals surface area contributed by atoms with Crippen molar-refractivity contribution in [2.45, 2.75) is 31.9 Å². The minimum absolute atomic E-state index is 0.172. The largest absolute Gasteiger partial charge is 0.471 e. The fourth-order valence-electron chi connectivity index (χ4n) is 1.17. The molecule has 1 unspecified atom stereocenters. The Morgan fingerprint density at radius 2 is 2.13 bits per heavy atom. The SMILES string of the molecule is CC1(C)OCC(CNC(=O)C(F)(F)F)O1. The summed E-state index contributed by atoms with van der Waals surface area (Å²) in [5.74, 6) is -2.76. The maximum Gasteiger partial charge on any atom is 0.471 e. The molecule has 0 radical (unpaired) electrons. The molecule has 1 aliphatic rings. The standard InChI is InChI=1S/C8H12F3NO3/c1-7(2)14-4-5(15-7)3-12-6(13)8(9,10)11/h5H,3-4H2,1-2H3,(H,12,13). The van der Waals surface area contributed by atoms with Crippen molar-refractivity contribution >= 4 is 5.91 Å². The van der Waals surface area contributed by atoms with Gasteiger partial charge in [-0.3, -0.25) is 4.79 Å². The van der Waals surface area contributed by atoms with E-state index in [1.807, 2.05) is 0 Å². The summed E-state index contributed by atoms with van der Waals surface area (Å²) in [5, 5.41) is 1.73. The van der Waals surface area contributed by atoms with Crippen LogP contribution in [0.5, 0.6) is 0 Å². The first kappa shape index (κ1) is 12.3. The Balaban J connectivity index is 2.31. The first-order valence-corrected chi connectivity index (χ1v) is 4.37. The molecule has 4 nitrogen and oxygen atoms in total. The number of rotatable bonds is 2. The number of carbonyl (C=O) groups is 1. The molecule has 0 aromatic carbocycles. The van der Waals surface area contributed by atoms with Crippen LogP contribution in [0.15, 0.2) is 0 Å². The van der Waals surface area contributed by atoms with Gasteiger partial charge in [-0.15, -0.1) is 0 Å². The average molecular weight is 227 g/mol. The van der Waals surface area contributed by atoms with Crippen molar-refractivity contribution in [3.8, 4) is 0 Å². The summed E-state index contributed by atoms with van der Waals surface area (Å²) in [7, 11) is 0. The molecular weight excluding hydrogens is 215 g/mol. The lowest BCUT2D eigenvalue weighted by Crippen LogP contribution is -2.41. The molecule has 0 aromatic rings.